The van der Waals surface area contributed by atoms with Crippen LogP contribution in [0.4, 0.5) is 5.69 Å². The number of carbonyl (C=O) groups is 1. The molecule has 2 N–H and O–H groups in total. The van der Waals surface area contributed by atoms with Gasteiger partial charge in [0.25, 0.3) is 5.91 Å². The zero-order chi connectivity index (χ0) is 22.4. The predicted molar refractivity (Wildman–Crippen MR) is 120 cm³/mol. The first kappa shape index (κ1) is 21.4. The zero-order valence-corrected chi connectivity index (χ0v) is 17.7. The van der Waals surface area contributed by atoms with Crippen molar-refractivity contribution in [2.45, 2.75) is 11.4 Å². The van der Waals surface area contributed by atoms with E-state index in [0.717, 1.165) is 0 Å². The number of furan rings is 1. The highest BCUT2D eigenvalue weighted by atomic mass is 32.2. The molecule has 1 amide bonds. The molecule has 0 fully saturated rings. The highest BCUT2D eigenvalue weighted by Gasteiger charge is 2.16. The standard InChI is InChI=1S/C24H20N2O5S/c27-24(26-22-10-4-5-11-23(22)31-19-7-2-1-3-8-19)18-12-14-21(15-13-18)32(28,29)25-17-20-9-6-16-30-20/h1-16,25H,17H2,(H,26,27). The maximum absolute atomic E-state index is 12.7. The number of hydrogen-bond acceptors (Lipinski definition) is 5. The van der Waals surface area contributed by atoms with Gasteiger partial charge in [0.2, 0.25) is 10.0 Å². The fourth-order valence-electron chi connectivity index (χ4n) is 2.92. The fraction of sp³-hybridized carbons (Fsp3) is 0.0417. The van der Waals surface area contributed by atoms with Crippen LogP contribution in [0.2, 0.25) is 0 Å². The topological polar surface area (TPSA) is 97.6 Å². The van der Waals surface area contributed by atoms with Crippen LogP contribution in [0.5, 0.6) is 11.5 Å². The van der Waals surface area contributed by atoms with Gasteiger partial charge in [0.05, 0.1) is 23.4 Å². The molecular formula is C24H20N2O5S. The van der Waals surface area contributed by atoms with E-state index in [1.807, 2.05) is 36.4 Å². The van der Waals surface area contributed by atoms with Gasteiger partial charge in [0.15, 0.2) is 5.75 Å². The molecule has 32 heavy (non-hydrogen) atoms. The lowest BCUT2D eigenvalue weighted by Crippen LogP contribution is -2.23. The third kappa shape index (κ3) is 5.23. The lowest BCUT2D eigenvalue weighted by Gasteiger charge is -2.12. The molecule has 0 aliphatic carbocycles. The minimum atomic E-state index is -3.74. The van der Waals surface area contributed by atoms with E-state index >= 15 is 0 Å². The SMILES string of the molecule is O=C(Nc1ccccc1Oc1ccccc1)c1ccc(S(=O)(=O)NCc2ccco2)cc1. The van der Waals surface area contributed by atoms with E-state index in [-0.39, 0.29) is 17.3 Å². The van der Waals surface area contributed by atoms with Crippen molar-refractivity contribution in [1.29, 1.82) is 0 Å². The van der Waals surface area contributed by atoms with Crippen LogP contribution in [0.25, 0.3) is 0 Å². The minimum absolute atomic E-state index is 0.0375. The summed E-state index contributed by atoms with van der Waals surface area (Å²) in [6.45, 7) is 0.0375. The minimum Gasteiger partial charge on any atom is -0.468 e. The average molecular weight is 449 g/mol. The van der Waals surface area contributed by atoms with Crippen molar-refractivity contribution < 1.29 is 22.4 Å². The fourth-order valence-corrected chi connectivity index (χ4v) is 3.91. The number of sulfonamides is 1. The van der Waals surface area contributed by atoms with E-state index in [2.05, 4.69) is 10.0 Å². The summed E-state index contributed by atoms with van der Waals surface area (Å²) in [7, 11) is -3.74. The van der Waals surface area contributed by atoms with Gasteiger partial charge >= 0.3 is 0 Å². The molecular weight excluding hydrogens is 428 g/mol. The van der Waals surface area contributed by atoms with Crippen molar-refractivity contribution in [3.63, 3.8) is 0 Å². The largest absolute Gasteiger partial charge is 0.468 e. The Morgan fingerprint density at radius 1 is 0.844 bits per heavy atom. The average Bonchev–Trinajstić information content (AvgIpc) is 3.34. The third-order valence-electron chi connectivity index (χ3n) is 4.55. The molecule has 0 unspecified atom stereocenters. The Balaban J connectivity index is 1.44. The lowest BCUT2D eigenvalue weighted by molar-refractivity contribution is 0.102. The van der Waals surface area contributed by atoms with Crippen LogP contribution in [-0.2, 0) is 16.6 Å². The van der Waals surface area contributed by atoms with Crippen molar-refractivity contribution in [3.05, 3.63) is 109 Å². The Morgan fingerprint density at radius 2 is 1.56 bits per heavy atom. The van der Waals surface area contributed by atoms with Crippen LogP contribution in [-0.4, -0.2) is 14.3 Å². The second-order valence-electron chi connectivity index (χ2n) is 6.79. The van der Waals surface area contributed by atoms with Crippen LogP contribution in [0.15, 0.2) is 107 Å². The van der Waals surface area contributed by atoms with Gasteiger partial charge in [-0.1, -0.05) is 30.3 Å². The molecule has 4 rings (SSSR count). The molecule has 1 heterocycles. The highest BCUT2D eigenvalue weighted by Crippen LogP contribution is 2.29. The Hall–Kier alpha value is -3.88. The van der Waals surface area contributed by atoms with Crippen molar-refractivity contribution in [3.8, 4) is 11.5 Å². The predicted octanol–water partition coefficient (Wildman–Crippen LogP) is 4.80. The summed E-state index contributed by atoms with van der Waals surface area (Å²) in [4.78, 5) is 12.8. The van der Waals surface area contributed by atoms with Crippen molar-refractivity contribution >= 4 is 21.6 Å². The summed E-state index contributed by atoms with van der Waals surface area (Å²) in [5, 5.41) is 2.81. The van der Waals surface area contributed by atoms with Gasteiger partial charge in [-0.25, -0.2) is 13.1 Å². The van der Waals surface area contributed by atoms with Crippen molar-refractivity contribution in [2.24, 2.45) is 0 Å². The van der Waals surface area contributed by atoms with Gasteiger partial charge < -0.3 is 14.5 Å². The molecule has 0 aliphatic rings. The van der Waals surface area contributed by atoms with E-state index in [1.165, 1.54) is 30.5 Å². The Bertz CT molecular complexity index is 1290. The zero-order valence-electron chi connectivity index (χ0n) is 16.9. The first-order chi connectivity index (χ1) is 15.5. The summed E-state index contributed by atoms with van der Waals surface area (Å²) in [5.74, 6) is 1.25. The maximum atomic E-state index is 12.7. The first-order valence-corrected chi connectivity index (χ1v) is 11.2. The second kappa shape index (κ2) is 9.51. The third-order valence-corrected chi connectivity index (χ3v) is 5.97. The second-order valence-corrected chi connectivity index (χ2v) is 8.56. The van der Waals surface area contributed by atoms with Gasteiger partial charge in [-0.3, -0.25) is 4.79 Å². The van der Waals surface area contributed by atoms with Gasteiger partial charge in [0.1, 0.15) is 11.5 Å². The molecule has 8 heteroatoms. The molecule has 4 aromatic rings. The molecule has 3 aromatic carbocycles. The number of para-hydroxylation sites is 3. The van der Waals surface area contributed by atoms with E-state index in [9.17, 15) is 13.2 Å². The summed E-state index contributed by atoms with van der Waals surface area (Å²) in [6, 6.07) is 25.3. The van der Waals surface area contributed by atoms with Crippen molar-refractivity contribution in [2.75, 3.05) is 5.32 Å². The molecule has 0 spiro atoms. The summed E-state index contributed by atoms with van der Waals surface area (Å²) >= 11 is 0. The van der Waals surface area contributed by atoms with Crippen LogP contribution >= 0.6 is 0 Å². The molecule has 7 nitrogen and oxygen atoms in total. The number of hydrogen-bond donors (Lipinski definition) is 2. The maximum Gasteiger partial charge on any atom is 0.255 e. The molecule has 162 valence electrons. The Kier molecular flexibility index (Phi) is 6.34. The molecule has 0 aliphatic heterocycles. The van der Waals surface area contributed by atoms with Gasteiger partial charge in [-0.05, 0) is 60.7 Å². The quantitative estimate of drug-likeness (QED) is 0.403. The van der Waals surface area contributed by atoms with E-state index in [1.54, 1.807) is 30.3 Å². The number of rotatable bonds is 8. The number of anilines is 1. The number of benzene rings is 3. The van der Waals surface area contributed by atoms with Gasteiger partial charge in [-0.2, -0.15) is 0 Å². The van der Waals surface area contributed by atoms with E-state index in [0.29, 0.717) is 28.5 Å². The molecule has 1 aromatic heterocycles. The van der Waals surface area contributed by atoms with E-state index < -0.39 is 10.0 Å². The smallest absolute Gasteiger partial charge is 0.255 e. The van der Waals surface area contributed by atoms with E-state index in [4.69, 9.17) is 9.15 Å². The van der Waals surface area contributed by atoms with Crippen LogP contribution in [0.1, 0.15) is 16.1 Å². The summed E-state index contributed by atoms with van der Waals surface area (Å²) in [6.07, 6.45) is 1.47. The van der Waals surface area contributed by atoms with Gasteiger partial charge in [-0.15, -0.1) is 0 Å². The first-order valence-electron chi connectivity index (χ1n) is 9.77. The number of carbonyl (C=O) groups excluding carboxylic acids is 1. The lowest BCUT2D eigenvalue weighted by atomic mass is 10.2. The number of amides is 1. The molecule has 0 radical (unpaired) electrons. The molecule has 0 atom stereocenters. The van der Waals surface area contributed by atoms with Crippen LogP contribution < -0.4 is 14.8 Å². The molecule has 0 saturated carbocycles. The van der Waals surface area contributed by atoms with Crippen molar-refractivity contribution in [1.82, 2.24) is 4.72 Å². The monoisotopic (exact) mass is 448 g/mol. The van der Waals surface area contributed by atoms with Crippen LogP contribution in [0, 0.1) is 0 Å². The highest BCUT2D eigenvalue weighted by molar-refractivity contribution is 7.89. The normalized spacial score (nSPS) is 11.1. The Morgan fingerprint density at radius 3 is 2.28 bits per heavy atom. The number of ether oxygens (including phenoxy) is 1. The summed E-state index contributed by atoms with van der Waals surface area (Å²) < 4.78 is 38.3. The molecule has 0 saturated heterocycles. The van der Waals surface area contributed by atoms with Gasteiger partial charge in [0, 0.05) is 5.56 Å². The van der Waals surface area contributed by atoms with Crippen LogP contribution in [0.3, 0.4) is 0 Å². The molecule has 0 bridgehead atoms. The Labute approximate surface area is 185 Å². The summed E-state index contributed by atoms with van der Waals surface area (Å²) in [5.41, 5.74) is 0.808. The number of nitrogens with one attached hydrogen (secondary N) is 2.